The van der Waals surface area contributed by atoms with Gasteiger partial charge in [0, 0.05) is 52.8 Å². The van der Waals surface area contributed by atoms with Gasteiger partial charge in [0.2, 0.25) is 0 Å². The number of likely N-dealkylation sites (tertiary alicyclic amines) is 2. The molecule has 1 aromatic heterocycles. The van der Waals surface area contributed by atoms with Crippen LogP contribution in [0.15, 0.2) is 42.5 Å². The van der Waals surface area contributed by atoms with Crippen LogP contribution in [0.25, 0.3) is 10.9 Å². The van der Waals surface area contributed by atoms with Crippen LogP contribution in [0.3, 0.4) is 0 Å². The summed E-state index contributed by atoms with van der Waals surface area (Å²) in [6, 6.07) is 14.0. The monoisotopic (exact) mass is 513 g/mol. The Balaban J connectivity index is 1.32. The third kappa shape index (κ3) is 5.24. The van der Waals surface area contributed by atoms with E-state index in [1.807, 2.05) is 35.2 Å². The summed E-state index contributed by atoms with van der Waals surface area (Å²) in [5, 5.41) is 11.9. The van der Waals surface area contributed by atoms with Crippen LogP contribution in [-0.2, 0) is 6.54 Å². The number of aromatic nitrogens is 1. The van der Waals surface area contributed by atoms with Crippen molar-refractivity contribution >= 4 is 40.0 Å². The molecule has 3 heterocycles. The van der Waals surface area contributed by atoms with E-state index in [1.54, 1.807) is 0 Å². The number of para-hydroxylation sites is 1. The van der Waals surface area contributed by atoms with Crippen LogP contribution in [0.2, 0.25) is 10.0 Å². The molecule has 5 rings (SSSR count). The number of carbonyl (C=O) groups is 1. The summed E-state index contributed by atoms with van der Waals surface area (Å²) in [6.07, 6.45) is 4.73. The van der Waals surface area contributed by atoms with E-state index < -0.39 is 0 Å². The zero-order valence-electron chi connectivity index (χ0n) is 20.0. The highest BCUT2D eigenvalue weighted by Crippen LogP contribution is 2.38. The number of piperidine rings is 2. The normalized spacial score (nSPS) is 18.4. The predicted molar refractivity (Wildman–Crippen MR) is 142 cm³/mol. The van der Waals surface area contributed by atoms with Gasteiger partial charge >= 0.3 is 0 Å². The molecule has 2 aliphatic rings. The standard InChI is InChI=1S/C28H33Cl2N3O2/c29-23-5-3-6-24(30)26(23)20-10-13-32(14-11-20)18-22-21-4-1-2-7-25(21)31-27(22)28(35)33-15-8-19(9-16-33)12-17-34/h1-7,19-20,31,34H,8-18H2. The lowest BCUT2D eigenvalue weighted by atomic mass is 9.89. The fourth-order valence-electron chi connectivity index (χ4n) is 5.82. The smallest absolute Gasteiger partial charge is 0.270 e. The first-order valence-corrected chi connectivity index (χ1v) is 13.5. The minimum Gasteiger partial charge on any atom is -0.396 e. The zero-order chi connectivity index (χ0) is 24.4. The number of benzene rings is 2. The fourth-order valence-corrected chi connectivity index (χ4v) is 6.52. The lowest BCUT2D eigenvalue weighted by molar-refractivity contribution is 0.0670. The van der Waals surface area contributed by atoms with Crippen LogP contribution in [0.5, 0.6) is 0 Å². The van der Waals surface area contributed by atoms with Gasteiger partial charge in [0.25, 0.3) is 5.91 Å². The molecule has 0 unspecified atom stereocenters. The minimum atomic E-state index is 0.0939. The van der Waals surface area contributed by atoms with E-state index in [9.17, 15) is 9.90 Å². The van der Waals surface area contributed by atoms with Crippen LogP contribution in [-0.4, -0.2) is 58.6 Å². The van der Waals surface area contributed by atoms with E-state index in [4.69, 9.17) is 23.2 Å². The van der Waals surface area contributed by atoms with Gasteiger partial charge in [-0.15, -0.1) is 0 Å². The summed E-state index contributed by atoms with van der Waals surface area (Å²) >= 11 is 13.0. The second-order valence-corrected chi connectivity index (χ2v) is 10.8. The van der Waals surface area contributed by atoms with Gasteiger partial charge in [-0.1, -0.05) is 47.5 Å². The van der Waals surface area contributed by atoms with Crippen molar-refractivity contribution in [1.82, 2.24) is 14.8 Å². The Labute approximate surface area is 217 Å². The van der Waals surface area contributed by atoms with Gasteiger partial charge in [-0.05, 0) is 80.8 Å². The summed E-state index contributed by atoms with van der Waals surface area (Å²) in [6.45, 7) is 4.35. The van der Waals surface area contributed by atoms with Crippen molar-refractivity contribution in [2.24, 2.45) is 5.92 Å². The highest BCUT2D eigenvalue weighted by Gasteiger charge is 2.29. The van der Waals surface area contributed by atoms with E-state index in [0.717, 1.165) is 103 Å². The van der Waals surface area contributed by atoms with Crippen LogP contribution in [0.4, 0.5) is 0 Å². The van der Waals surface area contributed by atoms with Crippen LogP contribution >= 0.6 is 23.2 Å². The third-order valence-electron chi connectivity index (χ3n) is 7.84. The molecule has 7 heteroatoms. The van der Waals surface area contributed by atoms with Crippen molar-refractivity contribution in [3.63, 3.8) is 0 Å². The Morgan fingerprint density at radius 2 is 1.63 bits per heavy atom. The number of aromatic amines is 1. The molecule has 2 aromatic carbocycles. The number of nitrogens with zero attached hydrogens (tertiary/aromatic N) is 2. The number of H-pyrrole nitrogens is 1. The molecular weight excluding hydrogens is 481 g/mol. The molecule has 5 nitrogen and oxygen atoms in total. The summed E-state index contributed by atoms with van der Waals surface area (Å²) in [4.78, 5) is 21.5. The van der Waals surface area contributed by atoms with E-state index in [0.29, 0.717) is 11.8 Å². The Hall–Kier alpha value is -2.05. The third-order valence-corrected chi connectivity index (χ3v) is 8.50. The van der Waals surface area contributed by atoms with Gasteiger partial charge in [0.15, 0.2) is 0 Å². The van der Waals surface area contributed by atoms with Crippen molar-refractivity contribution in [2.45, 2.75) is 44.6 Å². The number of aliphatic hydroxyl groups is 1. The van der Waals surface area contributed by atoms with Gasteiger partial charge in [-0.2, -0.15) is 0 Å². The average molecular weight is 514 g/mol. The lowest BCUT2D eigenvalue weighted by Crippen LogP contribution is -2.39. The van der Waals surface area contributed by atoms with E-state index >= 15 is 0 Å². The summed E-state index contributed by atoms with van der Waals surface area (Å²) in [5.74, 6) is 0.965. The Kier molecular flexibility index (Phi) is 7.68. The first kappa shape index (κ1) is 24.6. The largest absolute Gasteiger partial charge is 0.396 e. The maximum absolute atomic E-state index is 13.6. The zero-order valence-corrected chi connectivity index (χ0v) is 21.5. The Morgan fingerprint density at radius 3 is 2.31 bits per heavy atom. The number of fused-ring (bicyclic) bond motifs is 1. The Bertz CT molecular complexity index is 1160. The number of amides is 1. The Morgan fingerprint density at radius 1 is 0.943 bits per heavy atom. The van der Waals surface area contributed by atoms with Crippen LogP contribution in [0, 0.1) is 5.92 Å². The predicted octanol–water partition coefficient (Wildman–Crippen LogP) is 6.09. The average Bonchev–Trinajstić information content (AvgIpc) is 3.23. The second kappa shape index (κ2) is 10.9. The molecule has 0 aliphatic carbocycles. The maximum Gasteiger partial charge on any atom is 0.270 e. The van der Waals surface area contributed by atoms with Gasteiger partial charge in [-0.3, -0.25) is 9.69 Å². The molecule has 2 N–H and O–H groups in total. The van der Waals surface area contributed by atoms with E-state index in [-0.39, 0.29) is 12.5 Å². The van der Waals surface area contributed by atoms with Crippen molar-refractivity contribution < 1.29 is 9.90 Å². The first-order valence-electron chi connectivity index (χ1n) is 12.7. The lowest BCUT2D eigenvalue weighted by Gasteiger charge is -2.34. The number of nitrogens with one attached hydrogen (secondary N) is 1. The number of halogens is 2. The molecule has 2 fully saturated rings. The number of aliphatic hydroxyl groups excluding tert-OH is 1. The first-order chi connectivity index (χ1) is 17.0. The SMILES string of the molecule is O=C(c1[nH]c2ccccc2c1CN1CCC(c2c(Cl)cccc2Cl)CC1)N1CCC(CCO)CC1. The molecule has 0 spiro atoms. The van der Waals surface area contributed by atoms with E-state index in [1.165, 1.54) is 0 Å². The molecule has 0 bridgehead atoms. The molecule has 3 aromatic rings. The topological polar surface area (TPSA) is 59.6 Å². The van der Waals surface area contributed by atoms with Crippen molar-refractivity contribution in [1.29, 1.82) is 0 Å². The molecule has 35 heavy (non-hydrogen) atoms. The maximum atomic E-state index is 13.6. The van der Waals surface area contributed by atoms with Crippen LogP contribution < -0.4 is 0 Å². The van der Waals surface area contributed by atoms with Gasteiger partial charge in [0.1, 0.15) is 5.69 Å². The molecule has 0 saturated carbocycles. The number of carbonyl (C=O) groups excluding carboxylic acids is 1. The molecule has 1 amide bonds. The van der Waals surface area contributed by atoms with Crippen molar-refractivity contribution in [3.8, 4) is 0 Å². The summed E-state index contributed by atoms with van der Waals surface area (Å²) in [7, 11) is 0. The fraction of sp³-hybridized carbons (Fsp3) is 0.464. The summed E-state index contributed by atoms with van der Waals surface area (Å²) < 4.78 is 0. The van der Waals surface area contributed by atoms with E-state index in [2.05, 4.69) is 22.0 Å². The second-order valence-electron chi connectivity index (χ2n) is 9.96. The van der Waals surface area contributed by atoms with Gasteiger partial charge in [-0.25, -0.2) is 0 Å². The molecule has 2 aliphatic heterocycles. The van der Waals surface area contributed by atoms with Crippen LogP contribution in [0.1, 0.15) is 59.6 Å². The van der Waals surface area contributed by atoms with Crippen molar-refractivity contribution in [2.75, 3.05) is 32.8 Å². The highest BCUT2D eigenvalue weighted by atomic mass is 35.5. The molecule has 0 radical (unpaired) electrons. The quantitative estimate of drug-likeness (QED) is 0.419. The highest BCUT2D eigenvalue weighted by molar-refractivity contribution is 6.36. The minimum absolute atomic E-state index is 0.0939. The number of rotatable bonds is 6. The number of hydrogen-bond acceptors (Lipinski definition) is 3. The molecular formula is C28H33Cl2N3O2. The van der Waals surface area contributed by atoms with Crippen molar-refractivity contribution in [3.05, 3.63) is 69.3 Å². The molecule has 0 atom stereocenters. The molecule has 2 saturated heterocycles. The number of hydrogen-bond donors (Lipinski definition) is 2. The summed E-state index contributed by atoms with van der Waals surface area (Å²) in [5.41, 5.74) is 3.90. The molecule has 186 valence electrons. The van der Waals surface area contributed by atoms with Gasteiger partial charge in [0.05, 0.1) is 0 Å². The van der Waals surface area contributed by atoms with Gasteiger partial charge < -0.3 is 15.0 Å².